The summed E-state index contributed by atoms with van der Waals surface area (Å²) in [5.74, 6) is 0.918. The first-order valence-corrected chi connectivity index (χ1v) is 11.8. The molecule has 0 aliphatic carbocycles. The topological polar surface area (TPSA) is 92.6 Å². The number of urea groups is 1. The predicted molar refractivity (Wildman–Crippen MR) is 133 cm³/mol. The molecule has 9 nitrogen and oxygen atoms in total. The molecular formula is C27H23FN6O3. The van der Waals surface area contributed by atoms with Gasteiger partial charge in [0.25, 0.3) is 5.91 Å². The van der Waals surface area contributed by atoms with Gasteiger partial charge in [-0.1, -0.05) is 42.5 Å². The Hall–Kier alpha value is -4.73. The quantitative estimate of drug-likeness (QED) is 0.436. The zero-order valence-corrected chi connectivity index (χ0v) is 19.9. The van der Waals surface area contributed by atoms with E-state index in [1.165, 1.54) is 17.0 Å². The molecule has 2 aliphatic rings. The van der Waals surface area contributed by atoms with Gasteiger partial charge in [0, 0.05) is 19.2 Å². The number of carbonyl (C=O) groups excluding carboxylic acids is 2. The summed E-state index contributed by atoms with van der Waals surface area (Å²) in [5, 5.41) is 11.2. The van der Waals surface area contributed by atoms with E-state index in [4.69, 9.17) is 4.74 Å². The molecule has 0 bridgehead atoms. The maximum atomic E-state index is 13.5. The number of hydrogen-bond donors (Lipinski definition) is 1. The van der Waals surface area contributed by atoms with Gasteiger partial charge < -0.3 is 14.5 Å². The number of hydrogen-bond acceptors (Lipinski definition) is 6. The van der Waals surface area contributed by atoms with E-state index in [0.29, 0.717) is 30.7 Å². The molecule has 3 heterocycles. The van der Waals surface area contributed by atoms with Crippen molar-refractivity contribution in [2.45, 2.75) is 25.4 Å². The molecule has 0 radical (unpaired) electrons. The Kier molecular flexibility index (Phi) is 5.56. The molecule has 1 fully saturated rings. The molecule has 2 unspecified atom stereocenters. The van der Waals surface area contributed by atoms with E-state index in [-0.39, 0.29) is 5.82 Å². The van der Waals surface area contributed by atoms with Gasteiger partial charge in [0.05, 0.1) is 0 Å². The lowest BCUT2D eigenvalue weighted by molar-refractivity contribution is -0.124. The SMILES string of the molecule is CN1C(=O)NC(=O)C2C1n1c(-c3ccc(OCc4ccccc4)cc3)nnc1N2Cc1ccc(F)cc1. The Bertz CT molecular complexity index is 1460. The number of fused-ring (bicyclic) bond motifs is 3. The Morgan fingerprint density at radius 3 is 2.38 bits per heavy atom. The highest BCUT2D eigenvalue weighted by Crippen LogP contribution is 2.41. The number of halogens is 1. The van der Waals surface area contributed by atoms with Crippen LogP contribution in [0.25, 0.3) is 11.4 Å². The van der Waals surface area contributed by atoms with Crippen molar-refractivity contribution in [1.82, 2.24) is 25.0 Å². The van der Waals surface area contributed by atoms with Crippen LogP contribution in [0.3, 0.4) is 0 Å². The van der Waals surface area contributed by atoms with Crippen molar-refractivity contribution in [2.24, 2.45) is 0 Å². The van der Waals surface area contributed by atoms with Crippen molar-refractivity contribution in [3.05, 3.63) is 95.8 Å². The third kappa shape index (κ3) is 4.06. The van der Waals surface area contributed by atoms with E-state index in [2.05, 4.69) is 15.5 Å². The molecule has 10 heteroatoms. The minimum Gasteiger partial charge on any atom is -0.489 e. The van der Waals surface area contributed by atoms with E-state index in [1.807, 2.05) is 59.2 Å². The fourth-order valence-corrected chi connectivity index (χ4v) is 4.79. The minimum atomic E-state index is -0.717. The fourth-order valence-electron chi connectivity index (χ4n) is 4.79. The lowest BCUT2D eigenvalue weighted by atomic mass is 10.1. The number of nitrogens with zero attached hydrogens (tertiary/aromatic N) is 5. The van der Waals surface area contributed by atoms with Crippen LogP contribution in [-0.2, 0) is 17.9 Å². The van der Waals surface area contributed by atoms with E-state index in [1.54, 1.807) is 24.1 Å². The number of ether oxygens (including phenoxy) is 1. The lowest BCUT2D eigenvalue weighted by Crippen LogP contribution is -2.61. The van der Waals surface area contributed by atoms with Crippen LogP contribution in [0.2, 0.25) is 0 Å². The van der Waals surface area contributed by atoms with Gasteiger partial charge in [-0.3, -0.25) is 14.7 Å². The summed E-state index contributed by atoms with van der Waals surface area (Å²) in [6.07, 6.45) is -0.643. The van der Waals surface area contributed by atoms with Gasteiger partial charge >= 0.3 is 6.03 Å². The smallest absolute Gasteiger partial charge is 0.325 e. The molecule has 186 valence electrons. The van der Waals surface area contributed by atoms with Crippen LogP contribution in [0.1, 0.15) is 17.3 Å². The maximum Gasteiger partial charge on any atom is 0.325 e. The highest BCUT2D eigenvalue weighted by Gasteiger charge is 2.52. The number of aromatic nitrogens is 3. The monoisotopic (exact) mass is 498 g/mol. The summed E-state index contributed by atoms with van der Waals surface area (Å²) in [7, 11) is 1.63. The molecule has 1 saturated heterocycles. The van der Waals surface area contributed by atoms with Gasteiger partial charge in [0.1, 0.15) is 24.3 Å². The average molecular weight is 499 g/mol. The van der Waals surface area contributed by atoms with Gasteiger partial charge in [-0.25, -0.2) is 9.18 Å². The van der Waals surface area contributed by atoms with Crippen LogP contribution in [0.4, 0.5) is 15.1 Å². The Labute approximate surface area is 212 Å². The standard InChI is InChI=1S/C27H23FN6O3/c1-32-25-22(24(35)29-27(32)36)33(15-17-7-11-20(28)12-8-17)26-31-30-23(34(25)26)19-9-13-21(14-10-19)37-16-18-5-3-2-4-6-18/h2-14,22,25H,15-16H2,1H3,(H,29,35,36). The number of benzene rings is 3. The number of amides is 3. The maximum absolute atomic E-state index is 13.5. The number of anilines is 1. The van der Waals surface area contributed by atoms with E-state index < -0.39 is 24.1 Å². The van der Waals surface area contributed by atoms with Crippen LogP contribution in [-0.4, -0.2) is 44.7 Å². The van der Waals surface area contributed by atoms with Crippen molar-refractivity contribution in [2.75, 3.05) is 11.9 Å². The first-order valence-electron chi connectivity index (χ1n) is 11.8. The van der Waals surface area contributed by atoms with E-state index in [0.717, 1.165) is 16.7 Å². The summed E-state index contributed by atoms with van der Waals surface area (Å²) in [4.78, 5) is 28.8. The van der Waals surface area contributed by atoms with Gasteiger partial charge in [-0.2, -0.15) is 0 Å². The van der Waals surface area contributed by atoms with Gasteiger partial charge in [-0.15, -0.1) is 10.2 Å². The van der Waals surface area contributed by atoms with Crippen molar-refractivity contribution < 1.29 is 18.7 Å². The second-order valence-electron chi connectivity index (χ2n) is 9.01. The van der Waals surface area contributed by atoms with E-state index >= 15 is 0 Å². The second kappa shape index (κ2) is 9.05. The van der Waals surface area contributed by atoms with Crippen LogP contribution >= 0.6 is 0 Å². The molecule has 2 aliphatic heterocycles. The van der Waals surface area contributed by atoms with Gasteiger partial charge in [0.15, 0.2) is 11.9 Å². The summed E-state index contributed by atoms with van der Waals surface area (Å²) >= 11 is 0. The van der Waals surface area contributed by atoms with Gasteiger partial charge in [-0.05, 0) is 47.5 Å². The summed E-state index contributed by atoms with van der Waals surface area (Å²) in [6.45, 7) is 0.742. The van der Waals surface area contributed by atoms with Crippen LogP contribution in [0, 0.1) is 5.82 Å². The number of carbonyl (C=O) groups is 2. The average Bonchev–Trinajstić information content (AvgIpc) is 3.48. The van der Waals surface area contributed by atoms with Gasteiger partial charge in [0.2, 0.25) is 5.95 Å². The third-order valence-electron chi connectivity index (χ3n) is 6.66. The summed E-state index contributed by atoms with van der Waals surface area (Å²) < 4.78 is 21.2. The van der Waals surface area contributed by atoms with Crippen molar-refractivity contribution in [3.63, 3.8) is 0 Å². The highest BCUT2D eigenvalue weighted by molar-refractivity contribution is 6.02. The number of nitrogens with one attached hydrogen (secondary N) is 1. The summed E-state index contributed by atoms with van der Waals surface area (Å²) in [5.41, 5.74) is 2.63. The molecule has 1 N–H and O–H groups in total. The predicted octanol–water partition coefficient (Wildman–Crippen LogP) is 3.73. The first kappa shape index (κ1) is 22.7. The molecular weight excluding hydrogens is 475 g/mol. The number of rotatable bonds is 6. The van der Waals surface area contributed by atoms with Crippen molar-refractivity contribution in [3.8, 4) is 17.1 Å². The normalized spacial score (nSPS) is 18.4. The zero-order chi connectivity index (χ0) is 25.5. The molecule has 3 amide bonds. The Morgan fingerprint density at radius 1 is 0.919 bits per heavy atom. The van der Waals surface area contributed by atoms with Crippen LogP contribution in [0.5, 0.6) is 5.75 Å². The molecule has 1 aromatic heterocycles. The zero-order valence-electron chi connectivity index (χ0n) is 19.9. The molecule has 4 aromatic rings. The molecule has 3 aromatic carbocycles. The summed E-state index contributed by atoms with van der Waals surface area (Å²) in [6, 6.07) is 22.2. The molecule has 6 rings (SSSR count). The fraction of sp³-hybridized carbons (Fsp3) is 0.185. The third-order valence-corrected chi connectivity index (χ3v) is 6.66. The van der Waals surface area contributed by atoms with Crippen LogP contribution < -0.4 is 15.0 Å². The minimum absolute atomic E-state index is 0.293. The lowest BCUT2D eigenvalue weighted by Gasteiger charge is -2.37. The van der Waals surface area contributed by atoms with Crippen LogP contribution in [0.15, 0.2) is 78.9 Å². The molecule has 37 heavy (non-hydrogen) atoms. The number of likely N-dealkylation sites (N-methyl/N-ethyl adjacent to an activating group) is 1. The molecule has 2 atom stereocenters. The van der Waals surface area contributed by atoms with Crippen molar-refractivity contribution >= 4 is 17.9 Å². The second-order valence-corrected chi connectivity index (χ2v) is 9.01. The van der Waals surface area contributed by atoms with Crippen molar-refractivity contribution in [1.29, 1.82) is 0 Å². The first-order chi connectivity index (χ1) is 18.0. The number of imide groups is 1. The Morgan fingerprint density at radius 2 is 1.65 bits per heavy atom. The molecule has 0 spiro atoms. The Balaban J connectivity index is 1.32. The molecule has 0 saturated carbocycles. The largest absolute Gasteiger partial charge is 0.489 e. The van der Waals surface area contributed by atoms with E-state index in [9.17, 15) is 14.0 Å². The highest BCUT2D eigenvalue weighted by atomic mass is 19.1.